The molecule has 0 aromatic heterocycles. The number of rotatable bonds is 1. The van der Waals surface area contributed by atoms with Crippen molar-refractivity contribution in [2.45, 2.75) is 45.3 Å². The SMILES string of the molecule is CC(C)(C)OC(=O)N1CCC(N2C(=C=O)Nc3cc(Cl)c(Cl)cc32)CC1. The van der Waals surface area contributed by atoms with Crippen molar-refractivity contribution in [1.82, 2.24) is 4.90 Å². The molecule has 0 bridgehead atoms. The molecule has 0 atom stereocenters. The monoisotopic (exact) mass is 397 g/mol. The molecule has 0 unspecified atom stereocenters. The second-order valence-corrected chi connectivity index (χ2v) is 8.24. The zero-order chi connectivity index (χ0) is 19.1. The summed E-state index contributed by atoms with van der Waals surface area (Å²) in [4.78, 5) is 27.2. The fourth-order valence-electron chi connectivity index (χ4n) is 3.23. The number of fused-ring (bicyclic) bond motifs is 1. The molecular weight excluding hydrogens is 377 g/mol. The Labute approximate surface area is 162 Å². The lowest BCUT2D eigenvalue weighted by Gasteiger charge is -2.37. The molecule has 1 N–H and O–H groups in total. The number of carbonyl (C=O) groups excluding carboxylic acids is 2. The van der Waals surface area contributed by atoms with Gasteiger partial charge in [0, 0.05) is 19.1 Å². The maximum Gasteiger partial charge on any atom is 0.410 e. The van der Waals surface area contributed by atoms with Gasteiger partial charge in [0.15, 0.2) is 11.8 Å². The normalized spacial score (nSPS) is 17.7. The average Bonchev–Trinajstić information content (AvgIpc) is 2.91. The number of nitrogens with zero attached hydrogens (tertiary/aromatic N) is 2. The number of benzene rings is 1. The Hall–Kier alpha value is -1.88. The first-order valence-electron chi connectivity index (χ1n) is 8.48. The number of ether oxygens (including phenoxy) is 1. The summed E-state index contributed by atoms with van der Waals surface area (Å²) < 4.78 is 5.43. The fourth-order valence-corrected chi connectivity index (χ4v) is 3.55. The number of carbonyl (C=O) groups is 1. The predicted molar refractivity (Wildman–Crippen MR) is 103 cm³/mol. The molecule has 0 saturated carbocycles. The van der Waals surface area contributed by atoms with Crippen molar-refractivity contribution in [3.8, 4) is 0 Å². The van der Waals surface area contributed by atoms with Gasteiger partial charge in [0.05, 0.1) is 21.4 Å². The maximum absolute atomic E-state index is 12.2. The lowest BCUT2D eigenvalue weighted by atomic mass is 10.0. The number of hydrogen-bond donors (Lipinski definition) is 1. The van der Waals surface area contributed by atoms with Gasteiger partial charge in [0.2, 0.25) is 0 Å². The van der Waals surface area contributed by atoms with Crippen LogP contribution in [0, 0.1) is 0 Å². The van der Waals surface area contributed by atoms with Gasteiger partial charge >= 0.3 is 6.09 Å². The van der Waals surface area contributed by atoms with Gasteiger partial charge in [-0.15, -0.1) is 0 Å². The van der Waals surface area contributed by atoms with Crippen molar-refractivity contribution in [3.63, 3.8) is 0 Å². The summed E-state index contributed by atoms with van der Waals surface area (Å²) in [5.41, 5.74) is 1.01. The summed E-state index contributed by atoms with van der Waals surface area (Å²) in [6.07, 6.45) is 1.09. The number of nitrogens with one attached hydrogen (secondary N) is 1. The molecule has 2 aliphatic heterocycles. The molecule has 1 fully saturated rings. The number of anilines is 2. The largest absolute Gasteiger partial charge is 0.444 e. The molecule has 1 amide bonds. The van der Waals surface area contributed by atoms with Gasteiger partial charge in [-0.25, -0.2) is 9.59 Å². The summed E-state index contributed by atoms with van der Waals surface area (Å²) in [7, 11) is 0. The van der Waals surface area contributed by atoms with Crippen molar-refractivity contribution < 1.29 is 14.3 Å². The third-order valence-corrected chi connectivity index (χ3v) is 5.09. The first-order chi connectivity index (χ1) is 12.2. The first-order valence-corrected chi connectivity index (χ1v) is 9.23. The second kappa shape index (κ2) is 7.03. The molecule has 2 aliphatic rings. The number of hydrogen-bond acceptors (Lipinski definition) is 5. The van der Waals surface area contributed by atoms with Crippen LogP contribution in [0.1, 0.15) is 33.6 Å². The van der Waals surface area contributed by atoms with E-state index in [0.717, 1.165) is 11.4 Å². The van der Waals surface area contributed by atoms with Crippen LogP contribution in [0.25, 0.3) is 0 Å². The fraction of sp³-hybridized carbons (Fsp3) is 0.500. The minimum atomic E-state index is -0.519. The Morgan fingerprint density at radius 3 is 2.42 bits per heavy atom. The van der Waals surface area contributed by atoms with Crippen LogP contribution in [0.15, 0.2) is 18.0 Å². The zero-order valence-corrected chi connectivity index (χ0v) is 16.4. The molecular formula is C18H21Cl2N3O3. The Morgan fingerprint density at radius 2 is 1.85 bits per heavy atom. The van der Waals surface area contributed by atoms with E-state index in [0.29, 0.717) is 41.8 Å². The average molecular weight is 398 g/mol. The minimum absolute atomic E-state index is 0.0520. The van der Waals surface area contributed by atoms with Crippen molar-refractivity contribution in [1.29, 1.82) is 0 Å². The lowest BCUT2D eigenvalue weighted by Crippen LogP contribution is -2.47. The van der Waals surface area contributed by atoms with Gasteiger partial charge in [-0.05, 0) is 45.7 Å². The Balaban J connectivity index is 1.74. The third kappa shape index (κ3) is 3.78. The molecule has 1 aromatic rings. The van der Waals surface area contributed by atoms with E-state index in [1.807, 2.05) is 31.6 Å². The summed E-state index contributed by atoms with van der Waals surface area (Å²) in [5.74, 6) is 2.29. The van der Waals surface area contributed by atoms with Crippen molar-refractivity contribution in [3.05, 3.63) is 28.0 Å². The van der Waals surface area contributed by atoms with Crippen LogP contribution in [-0.2, 0) is 9.53 Å². The van der Waals surface area contributed by atoms with Gasteiger partial charge in [0.25, 0.3) is 0 Å². The molecule has 2 heterocycles. The molecule has 0 spiro atoms. The standard InChI is InChI=1S/C18H21Cl2N3O3/c1-18(2,3)26-17(25)22-6-4-11(5-7-22)23-15-9-13(20)12(19)8-14(15)21-16(23)10-24/h8-9,11,21H,4-7H2,1-3H3. The van der Waals surface area contributed by atoms with E-state index in [9.17, 15) is 9.59 Å². The third-order valence-electron chi connectivity index (χ3n) is 4.37. The molecule has 6 nitrogen and oxygen atoms in total. The molecule has 1 saturated heterocycles. The van der Waals surface area contributed by atoms with Gasteiger partial charge < -0.3 is 19.9 Å². The van der Waals surface area contributed by atoms with Crippen LogP contribution in [0.5, 0.6) is 0 Å². The Bertz CT molecular complexity index is 777. The topological polar surface area (TPSA) is 61.9 Å². The molecule has 3 rings (SSSR count). The Morgan fingerprint density at radius 1 is 1.23 bits per heavy atom. The highest BCUT2D eigenvalue weighted by Crippen LogP contribution is 2.43. The van der Waals surface area contributed by atoms with Crippen LogP contribution in [0.3, 0.4) is 0 Å². The van der Waals surface area contributed by atoms with E-state index in [2.05, 4.69) is 5.32 Å². The Kier molecular flexibility index (Phi) is 5.11. The number of likely N-dealkylation sites (tertiary alicyclic amines) is 1. The molecule has 8 heteroatoms. The highest BCUT2D eigenvalue weighted by Gasteiger charge is 2.35. The van der Waals surface area contributed by atoms with Gasteiger partial charge in [-0.2, -0.15) is 0 Å². The molecule has 140 valence electrons. The molecule has 1 aromatic carbocycles. The van der Waals surface area contributed by atoms with Gasteiger partial charge in [-0.1, -0.05) is 23.2 Å². The summed E-state index contributed by atoms with van der Waals surface area (Å²) in [6, 6.07) is 3.50. The van der Waals surface area contributed by atoms with E-state index < -0.39 is 5.60 Å². The molecule has 0 aliphatic carbocycles. The van der Waals surface area contributed by atoms with Crippen molar-refractivity contribution in [2.75, 3.05) is 23.3 Å². The van der Waals surface area contributed by atoms with E-state index in [-0.39, 0.29) is 12.1 Å². The van der Waals surface area contributed by atoms with E-state index in [4.69, 9.17) is 27.9 Å². The first kappa shape index (κ1) is 18.9. The quantitative estimate of drug-likeness (QED) is 0.715. The van der Waals surface area contributed by atoms with E-state index in [1.54, 1.807) is 17.0 Å². The smallest absolute Gasteiger partial charge is 0.410 e. The molecule has 26 heavy (non-hydrogen) atoms. The van der Waals surface area contributed by atoms with E-state index in [1.165, 1.54) is 0 Å². The minimum Gasteiger partial charge on any atom is -0.444 e. The van der Waals surface area contributed by atoms with Crippen LogP contribution in [0.2, 0.25) is 10.0 Å². The van der Waals surface area contributed by atoms with Gasteiger partial charge in [-0.3, -0.25) is 0 Å². The van der Waals surface area contributed by atoms with Crippen LogP contribution in [0.4, 0.5) is 16.2 Å². The van der Waals surface area contributed by atoms with Crippen LogP contribution < -0.4 is 10.2 Å². The number of amides is 1. The number of piperidine rings is 1. The summed E-state index contributed by atoms with van der Waals surface area (Å²) >= 11 is 12.2. The highest BCUT2D eigenvalue weighted by molar-refractivity contribution is 6.42. The molecule has 0 radical (unpaired) electrons. The predicted octanol–water partition coefficient (Wildman–Crippen LogP) is 4.30. The highest BCUT2D eigenvalue weighted by atomic mass is 35.5. The van der Waals surface area contributed by atoms with Crippen molar-refractivity contribution >= 4 is 46.6 Å². The lowest BCUT2D eigenvalue weighted by molar-refractivity contribution is 0.0206. The second-order valence-electron chi connectivity index (χ2n) is 7.43. The number of halogens is 2. The maximum atomic E-state index is 12.2. The summed E-state index contributed by atoms with van der Waals surface area (Å²) in [5, 5.41) is 3.88. The summed E-state index contributed by atoms with van der Waals surface area (Å²) in [6.45, 7) is 6.65. The van der Waals surface area contributed by atoms with Crippen molar-refractivity contribution in [2.24, 2.45) is 0 Å². The van der Waals surface area contributed by atoms with E-state index >= 15 is 0 Å². The zero-order valence-electron chi connectivity index (χ0n) is 14.9. The van der Waals surface area contributed by atoms with Crippen LogP contribution >= 0.6 is 23.2 Å². The van der Waals surface area contributed by atoms with Gasteiger partial charge in [0.1, 0.15) is 5.60 Å². The van der Waals surface area contributed by atoms with Crippen LogP contribution in [-0.4, -0.2) is 41.7 Å².